The molecule has 1 aromatic carbocycles. The number of carbonyl (C=O) groups is 1. The molecule has 0 aliphatic rings. The van der Waals surface area contributed by atoms with Crippen molar-refractivity contribution in [1.82, 2.24) is 0 Å². The average molecular weight is 303 g/mol. The molecule has 1 rings (SSSR count). The van der Waals surface area contributed by atoms with Crippen molar-refractivity contribution < 1.29 is 14.5 Å². The number of carbonyl (C=O) groups excluding carboxylic acids is 1. The van der Waals surface area contributed by atoms with Crippen LogP contribution in [0.4, 0.5) is 11.4 Å². The maximum Gasteiger partial charge on any atom is 0.271 e. The normalized spacial score (nSPS) is 11.9. The van der Waals surface area contributed by atoms with Gasteiger partial charge in [0.1, 0.15) is 6.10 Å². The van der Waals surface area contributed by atoms with Gasteiger partial charge in [-0.15, -0.1) is 0 Å². The van der Waals surface area contributed by atoms with E-state index in [9.17, 15) is 14.9 Å². The van der Waals surface area contributed by atoms with E-state index in [0.717, 1.165) is 0 Å². The third-order valence-corrected chi connectivity index (χ3v) is 2.83. The summed E-state index contributed by atoms with van der Waals surface area (Å²) in [7, 11) is 1.41. The summed E-state index contributed by atoms with van der Waals surface area (Å²) in [6.45, 7) is 1.58. The van der Waals surface area contributed by atoms with Crippen molar-refractivity contribution in [3.8, 4) is 0 Å². The predicted molar refractivity (Wildman–Crippen MR) is 65.9 cm³/mol. The maximum atomic E-state index is 11.6. The number of benzene rings is 1. The Morgan fingerprint density at radius 2 is 2.24 bits per heavy atom. The number of nitro groups is 1. The Morgan fingerprint density at radius 3 is 2.76 bits per heavy atom. The fourth-order valence-corrected chi connectivity index (χ4v) is 1.41. The van der Waals surface area contributed by atoms with Crippen molar-refractivity contribution in [2.75, 3.05) is 12.4 Å². The molecular formula is C10H11BrN2O4. The highest BCUT2D eigenvalue weighted by Crippen LogP contribution is 2.27. The van der Waals surface area contributed by atoms with Gasteiger partial charge in [0.05, 0.1) is 10.6 Å². The van der Waals surface area contributed by atoms with Gasteiger partial charge in [-0.05, 0) is 28.9 Å². The van der Waals surface area contributed by atoms with Gasteiger partial charge in [-0.2, -0.15) is 0 Å². The Kier molecular flexibility index (Phi) is 4.59. The van der Waals surface area contributed by atoms with Crippen LogP contribution in [-0.4, -0.2) is 24.0 Å². The zero-order chi connectivity index (χ0) is 13.0. The minimum Gasteiger partial charge on any atom is -0.372 e. The Bertz CT molecular complexity index is 450. The highest BCUT2D eigenvalue weighted by Gasteiger charge is 2.15. The van der Waals surface area contributed by atoms with Crippen molar-refractivity contribution in [3.63, 3.8) is 0 Å². The van der Waals surface area contributed by atoms with Crippen LogP contribution in [-0.2, 0) is 9.53 Å². The molecule has 1 N–H and O–H groups in total. The lowest BCUT2D eigenvalue weighted by atomic mass is 10.2. The van der Waals surface area contributed by atoms with E-state index in [2.05, 4.69) is 21.2 Å². The van der Waals surface area contributed by atoms with Crippen molar-refractivity contribution in [2.45, 2.75) is 13.0 Å². The van der Waals surface area contributed by atoms with Crippen molar-refractivity contribution in [1.29, 1.82) is 0 Å². The third kappa shape index (κ3) is 3.50. The average Bonchev–Trinajstić information content (AvgIpc) is 2.30. The summed E-state index contributed by atoms with van der Waals surface area (Å²) in [5.74, 6) is -0.367. The number of hydrogen-bond donors (Lipinski definition) is 1. The van der Waals surface area contributed by atoms with Gasteiger partial charge in [-0.1, -0.05) is 0 Å². The van der Waals surface area contributed by atoms with Gasteiger partial charge in [0.15, 0.2) is 0 Å². The summed E-state index contributed by atoms with van der Waals surface area (Å²) >= 11 is 3.20. The molecule has 0 aliphatic carbocycles. The fraction of sp³-hybridized carbons (Fsp3) is 0.300. The van der Waals surface area contributed by atoms with Gasteiger partial charge < -0.3 is 10.1 Å². The number of nitro benzene ring substituents is 1. The number of nitrogens with one attached hydrogen (secondary N) is 1. The van der Waals surface area contributed by atoms with Crippen LogP contribution in [0.15, 0.2) is 22.7 Å². The summed E-state index contributed by atoms with van der Waals surface area (Å²) < 4.78 is 5.41. The molecule has 0 fully saturated rings. The minimum absolute atomic E-state index is 0.0893. The van der Waals surface area contributed by atoms with Gasteiger partial charge >= 0.3 is 0 Å². The number of hydrogen-bond acceptors (Lipinski definition) is 4. The van der Waals surface area contributed by atoms with Gasteiger partial charge in [0, 0.05) is 23.7 Å². The zero-order valence-corrected chi connectivity index (χ0v) is 10.9. The molecule has 0 bridgehead atoms. The van der Waals surface area contributed by atoms with E-state index in [1.807, 2.05) is 0 Å². The van der Waals surface area contributed by atoms with Crippen LogP contribution in [0.1, 0.15) is 6.92 Å². The molecule has 92 valence electrons. The van der Waals surface area contributed by atoms with Crippen molar-refractivity contribution in [3.05, 3.63) is 32.8 Å². The summed E-state index contributed by atoms with van der Waals surface area (Å²) in [4.78, 5) is 21.6. The molecule has 0 saturated carbocycles. The first-order valence-corrected chi connectivity index (χ1v) is 5.52. The van der Waals surface area contributed by atoms with Crippen LogP contribution in [0.2, 0.25) is 0 Å². The number of rotatable bonds is 4. The van der Waals surface area contributed by atoms with E-state index in [0.29, 0.717) is 10.2 Å². The molecule has 1 atom stereocenters. The molecule has 0 heterocycles. The summed E-state index contributed by atoms with van der Waals surface area (Å²) in [5.41, 5.74) is 0.252. The number of halogens is 1. The Morgan fingerprint density at radius 1 is 1.59 bits per heavy atom. The lowest BCUT2D eigenvalue weighted by molar-refractivity contribution is -0.384. The van der Waals surface area contributed by atoms with Crippen LogP contribution < -0.4 is 5.32 Å². The molecule has 1 unspecified atom stereocenters. The molecule has 1 aromatic rings. The molecule has 0 spiro atoms. The summed E-state index contributed by atoms with van der Waals surface area (Å²) in [6.07, 6.45) is -0.624. The smallest absolute Gasteiger partial charge is 0.271 e. The van der Waals surface area contributed by atoms with Crippen LogP contribution >= 0.6 is 15.9 Å². The van der Waals surface area contributed by atoms with Gasteiger partial charge in [0.25, 0.3) is 11.6 Å². The number of nitrogens with zero attached hydrogens (tertiary/aromatic N) is 1. The number of amides is 1. The largest absolute Gasteiger partial charge is 0.372 e. The van der Waals surface area contributed by atoms with Gasteiger partial charge in [0.2, 0.25) is 0 Å². The molecule has 0 aromatic heterocycles. The van der Waals surface area contributed by atoms with Crippen LogP contribution in [0.5, 0.6) is 0 Å². The highest BCUT2D eigenvalue weighted by molar-refractivity contribution is 9.10. The van der Waals surface area contributed by atoms with E-state index in [1.54, 1.807) is 6.92 Å². The second kappa shape index (κ2) is 5.74. The second-order valence-corrected chi connectivity index (χ2v) is 4.14. The molecule has 0 saturated heterocycles. The number of anilines is 1. The van der Waals surface area contributed by atoms with Gasteiger partial charge in [-0.3, -0.25) is 14.9 Å². The van der Waals surface area contributed by atoms with Gasteiger partial charge in [-0.25, -0.2) is 0 Å². The third-order valence-electron chi connectivity index (χ3n) is 2.14. The van der Waals surface area contributed by atoms with Crippen LogP contribution in [0.25, 0.3) is 0 Å². The molecule has 0 aliphatic heterocycles. The van der Waals surface area contributed by atoms with E-state index in [4.69, 9.17) is 4.74 Å². The lowest BCUT2D eigenvalue weighted by Gasteiger charge is -2.11. The SMILES string of the molecule is COC(C)C(=O)Nc1cc([N+](=O)[O-])ccc1Br. The molecule has 7 heteroatoms. The second-order valence-electron chi connectivity index (χ2n) is 3.29. The minimum atomic E-state index is -0.624. The van der Waals surface area contributed by atoms with E-state index >= 15 is 0 Å². The van der Waals surface area contributed by atoms with Crippen LogP contribution in [0, 0.1) is 10.1 Å². The highest BCUT2D eigenvalue weighted by atomic mass is 79.9. The standard InChI is InChI=1S/C10H11BrN2O4/c1-6(17-2)10(14)12-9-5-7(13(15)16)3-4-8(9)11/h3-6H,1-2H3,(H,12,14). The Balaban J connectivity index is 2.94. The number of non-ortho nitro benzene ring substituents is 1. The maximum absolute atomic E-state index is 11.6. The van der Waals surface area contributed by atoms with E-state index < -0.39 is 11.0 Å². The number of ether oxygens (including phenoxy) is 1. The first kappa shape index (κ1) is 13.6. The molecule has 0 radical (unpaired) electrons. The monoisotopic (exact) mass is 302 g/mol. The zero-order valence-electron chi connectivity index (χ0n) is 9.27. The first-order chi connectivity index (χ1) is 7.95. The first-order valence-electron chi connectivity index (χ1n) is 4.73. The molecular weight excluding hydrogens is 292 g/mol. The lowest BCUT2D eigenvalue weighted by Crippen LogP contribution is -2.26. The molecule has 1 amide bonds. The Hall–Kier alpha value is -1.47. The number of methoxy groups -OCH3 is 1. The van der Waals surface area contributed by atoms with Crippen molar-refractivity contribution in [2.24, 2.45) is 0 Å². The van der Waals surface area contributed by atoms with Crippen LogP contribution in [0.3, 0.4) is 0 Å². The predicted octanol–water partition coefficient (Wildman–Crippen LogP) is 2.33. The summed E-state index contributed by atoms with van der Waals surface area (Å²) in [5, 5.41) is 13.1. The summed E-state index contributed by atoms with van der Waals surface area (Å²) in [6, 6.07) is 4.13. The van der Waals surface area contributed by atoms with Crippen molar-refractivity contribution >= 4 is 33.2 Å². The van der Waals surface area contributed by atoms with E-state index in [-0.39, 0.29) is 11.6 Å². The molecule has 6 nitrogen and oxygen atoms in total. The molecule has 17 heavy (non-hydrogen) atoms. The topological polar surface area (TPSA) is 81.5 Å². The quantitative estimate of drug-likeness (QED) is 0.683. The van der Waals surface area contributed by atoms with E-state index in [1.165, 1.54) is 25.3 Å². The fourth-order valence-electron chi connectivity index (χ4n) is 1.06. The Labute approximate surface area is 106 Å².